The van der Waals surface area contributed by atoms with Crippen LogP contribution in [0.2, 0.25) is 5.15 Å². The molecule has 2 rings (SSSR count). The van der Waals surface area contributed by atoms with Gasteiger partial charge in [0.25, 0.3) is 0 Å². The molecule has 0 aromatic carbocycles. The minimum Gasteiger partial charge on any atom is -0.444 e. The van der Waals surface area contributed by atoms with Crippen LogP contribution in [0.15, 0.2) is 12.1 Å². The van der Waals surface area contributed by atoms with Gasteiger partial charge in [0.1, 0.15) is 16.6 Å². The minimum atomic E-state index is -0.451. The highest BCUT2D eigenvalue weighted by Gasteiger charge is 2.26. The summed E-state index contributed by atoms with van der Waals surface area (Å²) in [5, 5.41) is 3.88. The lowest BCUT2D eigenvalue weighted by molar-refractivity contribution is 0.0210. The molecule has 5 nitrogen and oxygen atoms in total. The number of halogens is 2. The van der Waals surface area contributed by atoms with E-state index in [1.54, 1.807) is 4.90 Å². The van der Waals surface area contributed by atoms with Crippen LogP contribution in [0.3, 0.4) is 0 Å². The molecule has 2 heterocycles. The molecule has 0 spiro atoms. The van der Waals surface area contributed by atoms with Crippen LogP contribution >= 0.6 is 34.2 Å². The highest BCUT2D eigenvalue weighted by Crippen LogP contribution is 2.21. The van der Waals surface area contributed by atoms with Crippen molar-refractivity contribution in [3.05, 3.63) is 20.9 Å². The van der Waals surface area contributed by atoms with Crippen LogP contribution in [0.4, 0.5) is 10.6 Å². The Bertz CT molecular complexity index is 520. The number of carbonyl (C=O) groups is 1. The number of nitrogens with one attached hydrogen (secondary N) is 1. The van der Waals surface area contributed by atoms with E-state index in [1.165, 1.54) is 0 Å². The fourth-order valence-corrected chi connectivity index (χ4v) is 3.26. The average molecular weight is 438 g/mol. The molecule has 0 bridgehead atoms. The molecule has 1 aliphatic heterocycles. The Morgan fingerprint density at radius 1 is 1.41 bits per heavy atom. The molecule has 0 radical (unpaired) electrons. The normalized spacial score (nSPS) is 16.5. The van der Waals surface area contributed by atoms with Crippen molar-refractivity contribution in [1.29, 1.82) is 0 Å². The van der Waals surface area contributed by atoms with E-state index in [1.807, 2.05) is 32.9 Å². The summed E-state index contributed by atoms with van der Waals surface area (Å²) in [6.07, 6.45) is 1.50. The zero-order valence-electron chi connectivity index (χ0n) is 13.0. The van der Waals surface area contributed by atoms with E-state index in [-0.39, 0.29) is 6.09 Å². The summed E-state index contributed by atoms with van der Waals surface area (Å²) in [5.41, 5.74) is -0.451. The second-order valence-corrected chi connectivity index (χ2v) is 8.01. The number of carbonyl (C=O) groups excluding carboxylic acids is 1. The lowest BCUT2D eigenvalue weighted by Crippen LogP contribution is -2.44. The Kier molecular flexibility index (Phi) is 5.76. The summed E-state index contributed by atoms with van der Waals surface area (Å²) in [4.78, 5) is 18.1. The number of pyridine rings is 1. The van der Waals surface area contributed by atoms with Crippen molar-refractivity contribution in [1.82, 2.24) is 9.88 Å². The molecular weight excluding hydrogens is 417 g/mol. The molecule has 1 aromatic rings. The van der Waals surface area contributed by atoms with E-state index in [0.29, 0.717) is 24.3 Å². The highest BCUT2D eigenvalue weighted by molar-refractivity contribution is 14.1. The van der Waals surface area contributed by atoms with Gasteiger partial charge in [-0.05, 0) is 68.3 Å². The lowest BCUT2D eigenvalue weighted by Gasteiger charge is -2.33. The monoisotopic (exact) mass is 437 g/mol. The summed E-state index contributed by atoms with van der Waals surface area (Å²) in [6, 6.07) is 4.07. The molecule has 0 atom stereocenters. The van der Waals surface area contributed by atoms with Crippen LogP contribution < -0.4 is 5.32 Å². The smallest absolute Gasteiger partial charge is 0.410 e. The summed E-state index contributed by atoms with van der Waals surface area (Å²) in [6.45, 7) is 7.01. The van der Waals surface area contributed by atoms with Crippen LogP contribution in [0, 0.1) is 3.57 Å². The number of nitrogens with zero attached hydrogens (tertiary/aromatic N) is 2. The van der Waals surface area contributed by atoms with Crippen LogP contribution in [-0.4, -0.2) is 40.7 Å². The van der Waals surface area contributed by atoms with E-state index in [0.717, 1.165) is 22.2 Å². The molecule has 1 aliphatic rings. The second kappa shape index (κ2) is 7.21. The largest absolute Gasteiger partial charge is 0.444 e. The number of anilines is 1. The maximum atomic E-state index is 12.0. The highest BCUT2D eigenvalue weighted by atomic mass is 127. The molecule has 1 aromatic heterocycles. The zero-order valence-corrected chi connectivity index (χ0v) is 15.9. The van der Waals surface area contributed by atoms with Gasteiger partial charge in [-0.25, -0.2) is 9.78 Å². The van der Waals surface area contributed by atoms with Gasteiger partial charge in [0, 0.05) is 22.7 Å². The first-order valence-corrected chi connectivity index (χ1v) is 8.76. The predicted molar refractivity (Wildman–Crippen MR) is 96.4 cm³/mol. The van der Waals surface area contributed by atoms with E-state index < -0.39 is 5.60 Å². The zero-order chi connectivity index (χ0) is 16.3. The van der Waals surface area contributed by atoms with Gasteiger partial charge in [-0.15, -0.1) is 0 Å². The second-order valence-electron chi connectivity index (χ2n) is 6.38. The van der Waals surface area contributed by atoms with Gasteiger partial charge in [-0.2, -0.15) is 0 Å². The minimum absolute atomic E-state index is 0.235. The first-order valence-electron chi connectivity index (χ1n) is 7.30. The Labute approximate surface area is 149 Å². The fourth-order valence-electron chi connectivity index (χ4n) is 2.28. The van der Waals surface area contributed by atoms with E-state index in [9.17, 15) is 4.79 Å². The van der Waals surface area contributed by atoms with Crippen molar-refractivity contribution in [2.24, 2.45) is 0 Å². The van der Waals surface area contributed by atoms with Gasteiger partial charge >= 0.3 is 6.09 Å². The van der Waals surface area contributed by atoms with Crippen LogP contribution in [0.25, 0.3) is 0 Å². The van der Waals surface area contributed by atoms with Crippen LogP contribution in [0.5, 0.6) is 0 Å². The molecule has 1 fully saturated rings. The first-order chi connectivity index (χ1) is 10.2. The maximum absolute atomic E-state index is 12.0. The van der Waals surface area contributed by atoms with Crippen molar-refractivity contribution in [3.63, 3.8) is 0 Å². The Balaban J connectivity index is 1.86. The van der Waals surface area contributed by atoms with Crippen LogP contribution in [-0.2, 0) is 4.74 Å². The number of hydrogen-bond donors (Lipinski definition) is 1. The molecule has 122 valence electrons. The van der Waals surface area contributed by atoms with Gasteiger partial charge in [0.15, 0.2) is 0 Å². The Morgan fingerprint density at radius 2 is 2.05 bits per heavy atom. The topological polar surface area (TPSA) is 54.5 Å². The summed E-state index contributed by atoms with van der Waals surface area (Å²) in [5.74, 6) is 0.785. The third kappa shape index (κ3) is 5.46. The summed E-state index contributed by atoms with van der Waals surface area (Å²) in [7, 11) is 0. The number of aromatic nitrogens is 1. The molecular formula is C15H21ClIN3O2. The van der Waals surface area contributed by atoms with Gasteiger partial charge in [-0.1, -0.05) is 11.6 Å². The molecule has 0 unspecified atom stereocenters. The van der Waals surface area contributed by atoms with Crippen molar-refractivity contribution < 1.29 is 9.53 Å². The Hall–Kier alpha value is -0.760. The molecule has 7 heteroatoms. The average Bonchev–Trinajstić information content (AvgIpc) is 2.36. The number of ether oxygens (including phenoxy) is 1. The van der Waals surface area contributed by atoms with Gasteiger partial charge in [0.05, 0.1) is 0 Å². The molecule has 0 aliphatic carbocycles. The number of amides is 1. The van der Waals surface area contributed by atoms with E-state index in [2.05, 4.69) is 32.9 Å². The number of rotatable bonds is 2. The quantitative estimate of drug-likeness (QED) is 0.558. The standard InChI is InChI=1S/C15H21ClIN3O2/c1-15(2,3)22-14(21)20-6-4-11(5-7-20)18-13-9-10(17)8-12(16)19-13/h8-9,11H,4-7H2,1-3H3,(H,18,19). The van der Waals surface area contributed by atoms with Crippen molar-refractivity contribution in [2.45, 2.75) is 45.3 Å². The molecule has 1 N–H and O–H groups in total. The number of hydrogen-bond acceptors (Lipinski definition) is 4. The molecule has 0 saturated carbocycles. The third-order valence-corrected chi connectivity index (χ3v) is 4.07. The fraction of sp³-hybridized carbons (Fsp3) is 0.600. The Morgan fingerprint density at radius 3 is 2.59 bits per heavy atom. The van der Waals surface area contributed by atoms with Crippen LogP contribution in [0.1, 0.15) is 33.6 Å². The molecule has 1 amide bonds. The molecule has 1 saturated heterocycles. The molecule has 22 heavy (non-hydrogen) atoms. The lowest BCUT2D eigenvalue weighted by atomic mass is 10.1. The van der Waals surface area contributed by atoms with Crippen molar-refractivity contribution in [2.75, 3.05) is 18.4 Å². The third-order valence-electron chi connectivity index (χ3n) is 3.26. The summed E-state index contributed by atoms with van der Waals surface area (Å²) >= 11 is 8.18. The van der Waals surface area contributed by atoms with Gasteiger partial charge in [0.2, 0.25) is 0 Å². The number of piperidine rings is 1. The SMILES string of the molecule is CC(C)(C)OC(=O)N1CCC(Nc2cc(I)cc(Cl)n2)CC1. The van der Waals surface area contributed by atoms with Crippen molar-refractivity contribution in [3.8, 4) is 0 Å². The van der Waals surface area contributed by atoms with Gasteiger partial charge < -0.3 is 15.0 Å². The summed E-state index contributed by atoms with van der Waals surface area (Å²) < 4.78 is 6.45. The maximum Gasteiger partial charge on any atom is 0.410 e. The number of likely N-dealkylation sites (tertiary alicyclic amines) is 1. The van der Waals surface area contributed by atoms with Gasteiger partial charge in [-0.3, -0.25) is 0 Å². The predicted octanol–water partition coefficient (Wildman–Crippen LogP) is 4.15. The van der Waals surface area contributed by atoms with Crippen molar-refractivity contribution >= 4 is 46.1 Å². The van der Waals surface area contributed by atoms with E-state index in [4.69, 9.17) is 16.3 Å². The first kappa shape index (κ1) is 17.6. The van der Waals surface area contributed by atoms with E-state index >= 15 is 0 Å².